The topological polar surface area (TPSA) is 102 Å². The molecule has 3 aromatic rings. The molecule has 0 aliphatic carbocycles. The lowest BCUT2D eigenvalue weighted by Gasteiger charge is -2.46. The van der Waals surface area contributed by atoms with Gasteiger partial charge in [0.25, 0.3) is 0 Å². The third-order valence-corrected chi connectivity index (χ3v) is 7.14. The molecule has 0 spiro atoms. The van der Waals surface area contributed by atoms with E-state index in [4.69, 9.17) is 17.0 Å². The first-order valence-corrected chi connectivity index (χ1v) is 13.7. The van der Waals surface area contributed by atoms with E-state index in [9.17, 15) is 9.59 Å². The minimum absolute atomic E-state index is 0.155. The van der Waals surface area contributed by atoms with Crippen LogP contribution in [0, 0.1) is 0 Å². The summed E-state index contributed by atoms with van der Waals surface area (Å²) in [6, 6.07) is 20.5. The number of carbonyl (C=O) groups excluding carboxylic acids is 2. The number of hydrogen-bond acceptors (Lipinski definition) is 7. The fraction of sp³-hybridized carbons (Fsp3) is 0.310. The summed E-state index contributed by atoms with van der Waals surface area (Å²) in [6.07, 6.45) is 1.85. The molecular formula is C29H33N7O3S. The van der Waals surface area contributed by atoms with E-state index in [0.717, 1.165) is 31.7 Å². The van der Waals surface area contributed by atoms with Crippen molar-refractivity contribution in [2.45, 2.75) is 12.5 Å². The molecule has 3 amide bonds. The molecule has 2 aliphatic rings. The summed E-state index contributed by atoms with van der Waals surface area (Å²) in [5.41, 5.74) is 1.63. The molecule has 208 valence electrons. The molecule has 1 aromatic heterocycles. The fourth-order valence-corrected chi connectivity index (χ4v) is 5.01. The van der Waals surface area contributed by atoms with Gasteiger partial charge in [0.15, 0.2) is 5.11 Å². The van der Waals surface area contributed by atoms with Crippen molar-refractivity contribution in [1.82, 2.24) is 25.0 Å². The molecule has 2 aliphatic heterocycles. The molecule has 11 heteroatoms. The smallest absolute Gasteiger partial charge is 0.323 e. The highest BCUT2D eigenvalue weighted by Gasteiger charge is 2.32. The van der Waals surface area contributed by atoms with Gasteiger partial charge in [0.05, 0.1) is 6.42 Å². The van der Waals surface area contributed by atoms with Crippen LogP contribution in [-0.2, 0) is 11.2 Å². The van der Waals surface area contributed by atoms with Crippen molar-refractivity contribution in [2.75, 3.05) is 56.9 Å². The number of likely N-dealkylation sites (tertiary alicyclic amines) is 1. The van der Waals surface area contributed by atoms with Gasteiger partial charge in [-0.15, -0.1) is 0 Å². The first-order valence-electron chi connectivity index (χ1n) is 13.3. The van der Waals surface area contributed by atoms with Gasteiger partial charge < -0.3 is 25.2 Å². The van der Waals surface area contributed by atoms with Gasteiger partial charge in [-0.2, -0.15) is 0 Å². The first kappa shape index (κ1) is 27.5. The van der Waals surface area contributed by atoms with Crippen molar-refractivity contribution >= 4 is 40.8 Å². The van der Waals surface area contributed by atoms with Crippen LogP contribution in [0.3, 0.4) is 0 Å². The average molecular weight is 560 g/mol. The van der Waals surface area contributed by atoms with Gasteiger partial charge in [-0.3, -0.25) is 15.0 Å². The lowest BCUT2D eigenvalue weighted by molar-refractivity contribution is -0.119. The zero-order valence-electron chi connectivity index (χ0n) is 22.4. The number of amides is 3. The predicted octanol–water partition coefficient (Wildman–Crippen LogP) is 3.39. The van der Waals surface area contributed by atoms with Gasteiger partial charge in [0.2, 0.25) is 5.91 Å². The predicted molar refractivity (Wildman–Crippen MR) is 159 cm³/mol. The van der Waals surface area contributed by atoms with Crippen LogP contribution >= 0.6 is 12.2 Å². The Morgan fingerprint density at radius 3 is 2.38 bits per heavy atom. The molecule has 5 rings (SSSR count). The summed E-state index contributed by atoms with van der Waals surface area (Å²) in [7, 11) is 2.13. The van der Waals surface area contributed by atoms with Gasteiger partial charge >= 0.3 is 6.03 Å². The van der Waals surface area contributed by atoms with E-state index in [2.05, 4.69) is 37.8 Å². The van der Waals surface area contributed by atoms with Crippen molar-refractivity contribution in [3.63, 3.8) is 0 Å². The number of aromatic nitrogens is 1. The van der Waals surface area contributed by atoms with Crippen molar-refractivity contribution in [1.29, 1.82) is 0 Å². The van der Waals surface area contributed by atoms with E-state index >= 15 is 0 Å². The summed E-state index contributed by atoms with van der Waals surface area (Å²) in [6.45, 7) is 5.37. The number of nitrogens with one attached hydrogen (secondary N) is 3. The maximum Gasteiger partial charge on any atom is 0.323 e. The third kappa shape index (κ3) is 7.53. The van der Waals surface area contributed by atoms with E-state index in [1.165, 1.54) is 0 Å². The van der Waals surface area contributed by atoms with Gasteiger partial charge in [-0.1, -0.05) is 30.3 Å². The van der Waals surface area contributed by atoms with Crippen molar-refractivity contribution in [3.8, 4) is 11.5 Å². The zero-order valence-corrected chi connectivity index (χ0v) is 23.2. The second-order valence-corrected chi connectivity index (χ2v) is 10.4. The monoisotopic (exact) mass is 559 g/mol. The van der Waals surface area contributed by atoms with E-state index in [0.29, 0.717) is 42.1 Å². The van der Waals surface area contributed by atoms with Crippen molar-refractivity contribution in [2.24, 2.45) is 0 Å². The Morgan fingerprint density at radius 2 is 1.68 bits per heavy atom. The Morgan fingerprint density at radius 1 is 0.950 bits per heavy atom. The van der Waals surface area contributed by atoms with Crippen LogP contribution in [-0.4, -0.2) is 89.1 Å². The normalized spacial score (nSPS) is 16.1. The summed E-state index contributed by atoms with van der Waals surface area (Å²) in [4.78, 5) is 35.9. The second kappa shape index (κ2) is 12.9. The Labute approximate surface area is 239 Å². The molecule has 0 atom stereocenters. The number of pyridine rings is 1. The molecule has 10 nitrogen and oxygen atoms in total. The minimum atomic E-state index is -0.187. The number of rotatable bonds is 7. The molecule has 0 radical (unpaired) electrons. The van der Waals surface area contributed by atoms with Gasteiger partial charge in [-0.05, 0) is 55.2 Å². The van der Waals surface area contributed by atoms with Crippen molar-refractivity contribution in [3.05, 3.63) is 78.5 Å². The maximum absolute atomic E-state index is 12.8. The molecule has 0 saturated carbocycles. The van der Waals surface area contributed by atoms with Gasteiger partial charge in [0, 0.05) is 63.3 Å². The number of anilines is 2. The SMILES string of the molecule is CN1CC(N2CCN(C(=O)Nc3cc(Oc4ccc(NC(=S)NC(=O)Cc5ccccc5)cc4)ccn3)CC2)C1. The third-order valence-electron chi connectivity index (χ3n) is 6.94. The van der Waals surface area contributed by atoms with Crippen LogP contribution in [0.2, 0.25) is 0 Å². The van der Waals surface area contributed by atoms with Gasteiger partial charge in [-0.25, -0.2) is 9.78 Å². The maximum atomic E-state index is 12.8. The largest absolute Gasteiger partial charge is 0.457 e. The summed E-state index contributed by atoms with van der Waals surface area (Å²) < 4.78 is 5.96. The number of nitrogens with zero attached hydrogens (tertiary/aromatic N) is 4. The summed E-state index contributed by atoms with van der Waals surface area (Å²) >= 11 is 5.27. The molecule has 0 bridgehead atoms. The molecule has 3 heterocycles. The molecule has 2 saturated heterocycles. The van der Waals surface area contributed by atoms with E-state index in [1.54, 1.807) is 42.6 Å². The number of piperazine rings is 1. The number of urea groups is 1. The highest BCUT2D eigenvalue weighted by Crippen LogP contribution is 2.25. The Bertz CT molecular complexity index is 1320. The standard InChI is InChI=1S/C29H33N7O3S/c1-34-19-23(20-34)35-13-15-36(16-14-35)29(38)32-26-18-25(11-12-30-26)39-24-9-7-22(8-10-24)31-28(40)33-27(37)17-21-5-3-2-4-6-21/h2-12,18,23H,13-17,19-20H2,1H3,(H,30,32,38)(H2,31,33,37,40). The number of thiocarbonyl (C=S) groups is 1. The first-order chi connectivity index (χ1) is 19.4. The average Bonchev–Trinajstić information content (AvgIpc) is 2.93. The van der Waals surface area contributed by atoms with E-state index in [1.807, 2.05) is 35.2 Å². The van der Waals surface area contributed by atoms with Crippen LogP contribution in [0.5, 0.6) is 11.5 Å². The Balaban J connectivity index is 1.07. The zero-order chi connectivity index (χ0) is 27.9. The highest BCUT2D eigenvalue weighted by atomic mass is 32.1. The molecule has 2 fully saturated rings. The quantitative estimate of drug-likeness (QED) is 0.379. The minimum Gasteiger partial charge on any atom is -0.457 e. The molecule has 3 N–H and O–H groups in total. The second-order valence-electron chi connectivity index (χ2n) is 10.00. The van der Waals surface area contributed by atoms with Crippen LogP contribution in [0.1, 0.15) is 5.56 Å². The van der Waals surface area contributed by atoms with E-state index < -0.39 is 0 Å². The highest BCUT2D eigenvalue weighted by molar-refractivity contribution is 7.80. The number of likely N-dealkylation sites (N-methyl/N-ethyl adjacent to an activating group) is 1. The summed E-state index contributed by atoms with van der Waals surface area (Å²) in [5.74, 6) is 1.40. The van der Waals surface area contributed by atoms with E-state index in [-0.39, 0.29) is 23.5 Å². The molecule has 2 aromatic carbocycles. The lowest BCUT2D eigenvalue weighted by Crippen LogP contribution is -2.62. The number of carbonyl (C=O) groups is 2. The summed E-state index contributed by atoms with van der Waals surface area (Å²) in [5, 5.41) is 8.81. The number of benzene rings is 2. The fourth-order valence-electron chi connectivity index (χ4n) is 4.78. The Kier molecular flexibility index (Phi) is 8.84. The Hall–Kier alpha value is -4.06. The lowest BCUT2D eigenvalue weighted by atomic mass is 10.1. The number of ether oxygens (including phenoxy) is 1. The van der Waals surface area contributed by atoms with Gasteiger partial charge in [0.1, 0.15) is 17.3 Å². The number of hydrogen-bond donors (Lipinski definition) is 3. The van der Waals surface area contributed by atoms with Crippen LogP contribution < -0.4 is 20.7 Å². The molecule has 0 unspecified atom stereocenters. The van der Waals surface area contributed by atoms with Crippen LogP contribution in [0.15, 0.2) is 72.9 Å². The van der Waals surface area contributed by atoms with Crippen LogP contribution in [0.4, 0.5) is 16.3 Å². The molecular weight excluding hydrogens is 526 g/mol. The van der Waals surface area contributed by atoms with Crippen molar-refractivity contribution < 1.29 is 14.3 Å². The van der Waals surface area contributed by atoms with Crippen LogP contribution in [0.25, 0.3) is 0 Å². The molecule has 40 heavy (non-hydrogen) atoms.